The summed E-state index contributed by atoms with van der Waals surface area (Å²) in [7, 11) is 0. The fourth-order valence-corrected chi connectivity index (χ4v) is 5.67. The molecule has 1 spiro atoms. The summed E-state index contributed by atoms with van der Waals surface area (Å²) in [4.78, 5) is 47.2. The Morgan fingerprint density at radius 1 is 0.842 bits per heavy atom. The third-order valence-electron chi connectivity index (χ3n) is 6.20. The summed E-state index contributed by atoms with van der Waals surface area (Å²) in [5.41, 5.74) is -0.335. The number of hydrogen-bond donors (Lipinski definition) is 0. The van der Waals surface area contributed by atoms with Gasteiger partial charge in [0.25, 0.3) is 0 Å². The normalized spacial score (nSPS) is 56.4. The van der Waals surface area contributed by atoms with Crippen molar-refractivity contribution in [1.29, 1.82) is 0 Å². The lowest BCUT2D eigenvalue weighted by Gasteiger charge is -2.61. The highest BCUT2D eigenvalue weighted by molar-refractivity contribution is 6.03. The van der Waals surface area contributed by atoms with E-state index in [1.807, 2.05) is 0 Å². The Morgan fingerprint density at radius 3 is 2.16 bits per heavy atom. The molecule has 0 aromatic heterocycles. The van der Waals surface area contributed by atoms with Crippen LogP contribution in [0.15, 0.2) is 0 Å². The van der Waals surface area contributed by atoms with E-state index in [0.717, 1.165) is 12.8 Å². The van der Waals surface area contributed by atoms with E-state index in [9.17, 15) is 19.2 Å². The molecule has 7 unspecified atom stereocenters. The smallest absolute Gasteiger partial charge is 0.318 e. The fraction of sp³-hybridized carbons (Fsp3) is 0.692. The molecule has 0 N–H and O–H groups in total. The zero-order chi connectivity index (χ0) is 13.1. The second-order valence-electron chi connectivity index (χ2n) is 6.32. The van der Waals surface area contributed by atoms with Gasteiger partial charge >= 0.3 is 23.9 Å². The van der Waals surface area contributed by atoms with Crippen LogP contribution in [0.1, 0.15) is 12.8 Å². The summed E-state index contributed by atoms with van der Waals surface area (Å²) in [5, 5.41) is 0. The number of hydrogen-bond acceptors (Lipinski definition) is 6. The van der Waals surface area contributed by atoms with Crippen LogP contribution in [0.2, 0.25) is 0 Å². The van der Waals surface area contributed by atoms with Gasteiger partial charge in [-0.1, -0.05) is 0 Å². The average Bonchev–Trinajstić information content (AvgIpc) is 2.71. The van der Waals surface area contributed by atoms with Crippen molar-refractivity contribution in [2.75, 3.05) is 0 Å². The number of carbonyl (C=O) groups is 4. The number of ether oxygens (including phenoxy) is 2. The monoisotopic (exact) mass is 262 g/mol. The van der Waals surface area contributed by atoms with Crippen molar-refractivity contribution in [3.05, 3.63) is 0 Å². The standard InChI is InChI=1S/C13H10O6/c14-9-4-3-1-2-13(3)7(5(4)10(15)18-9)6-8(13)12(17)19-11(6)16/h3-8H,1-2H2. The van der Waals surface area contributed by atoms with Crippen molar-refractivity contribution < 1.29 is 28.7 Å². The fourth-order valence-electron chi connectivity index (χ4n) is 5.67. The topological polar surface area (TPSA) is 86.7 Å². The minimum Gasteiger partial charge on any atom is -0.393 e. The van der Waals surface area contributed by atoms with Gasteiger partial charge in [-0.05, 0) is 30.1 Å². The van der Waals surface area contributed by atoms with Crippen LogP contribution in [0.5, 0.6) is 0 Å². The lowest BCUT2D eigenvalue weighted by Crippen LogP contribution is -2.64. The lowest BCUT2D eigenvalue weighted by molar-refractivity contribution is -0.195. The van der Waals surface area contributed by atoms with Gasteiger partial charge < -0.3 is 9.47 Å². The summed E-state index contributed by atoms with van der Waals surface area (Å²) in [6.07, 6.45) is 1.63. The van der Waals surface area contributed by atoms with Gasteiger partial charge in [0.15, 0.2) is 0 Å². The average molecular weight is 262 g/mol. The highest BCUT2D eigenvalue weighted by atomic mass is 16.6. The van der Waals surface area contributed by atoms with Gasteiger partial charge in [0.2, 0.25) is 0 Å². The molecule has 5 aliphatic rings. The van der Waals surface area contributed by atoms with Gasteiger partial charge in [-0.25, -0.2) is 0 Å². The molecule has 2 aliphatic heterocycles. The summed E-state index contributed by atoms with van der Waals surface area (Å²) < 4.78 is 9.45. The Bertz CT molecular complexity index is 582. The third kappa shape index (κ3) is 0.756. The Morgan fingerprint density at radius 2 is 1.47 bits per heavy atom. The molecule has 2 heterocycles. The van der Waals surface area contributed by atoms with E-state index in [1.54, 1.807) is 0 Å². The van der Waals surface area contributed by atoms with Gasteiger partial charge in [0.05, 0.1) is 23.7 Å². The number of cyclic esters (lactones) is 4. The number of esters is 4. The van der Waals surface area contributed by atoms with E-state index in [2.05, 4.69) is 0 Å². The molecule has 98 valence electrons. The summed E-state index contributed by atoms with van der Waals surface area (Å²) in [6, 6.07) is 0. The number of carbonyl (C=O) groups excluding carboxylic acids is 4. The molecule has 6 nitrogen and oxygen atoms in total. The highest BCUT2D eigenvalue weighted by Gasteiger charge is 2.86. The van der Waals surface area contributed by atoms with Crippen LogP contribution < -0.4 is 0 Å². The Labute approximate surface area is 107 Å². The van der Waals surface area contributed by atoms with E-state index < -0.39 is 47.5 Å². The Kier molecular flexibility index (Phi) is 1.38. The summed E-state index contributed by atoms with van der Waals surface area (Å²) in [5.74, 6) is -4.08. The molecule has 0 aromatic rings. The van der Waals surface area contributed by atoms with Gasteiger partial charge in [-0.3, -0.25) is 19.2 Å². The zero-order valence-electron chi connectivity index (χ0n) is 9.83. The van der Waals surface area contributed by atoms with E-state index in [1.165, 1.54) is 0 Å². The quantitative estimate of drug-likeness (QED) is 0.438. The summed E-state index contributed by atoms with van der Waals surface area (Å²) in [6.45, 7) is 0. The minimum atomic E-state index is -0.528. The maximum atomic E-state index is 11.9. The van der Waals surface area contributed by atoms with Gasteiger partial charge in [0.1, 0.15) is 0 Å². The van der Waals surface area contributed by atoms with Gasteiger partial charge in [-0.15, -0.1) is 0 Å². The first-order valence-corrected chi connectivity index (χ1v) is 6.58. The SMILES string of the molecule is O=C1OC(=O)C2C1C1CCC13C1C(=O)OC(=O)C1C23. The van der Waals surface area contributed by atoms with Crippen molar-refractivity contribution in [3.8, 4) is 0 Å². The molecule has 0 aromatic carbocycles. The second-order valence-corrected chi connectivity index (χ2v) is 6.32. The van der Waals surface area contributed by atoms with Crippen molar-refractivity contribution in [3.63, 3.8) is 0 Å². The van der Waals surface area contributed by atoms with Crippen molar-refractivity contribution in [2.24, 2.45) is 40.9 Å². The van der Waals surface area contributed by atoms with Crippen molar-refractivity contribution >= 4 is 23.9 Å². The first-order chi connectivity index (χ1) is 9.07. The predicted octanol–water partition coefficient (Wildman–Crippen LogP) is -0.342. The summed E-state index contributed by atoms with van der Waals surface area (Å²) >= 11 is 0. The van der Waals surface area contributed by atoms with E-state index in [-0.39, 0.29) is 17.3 Å². The van der Waals surface area contributed by atoms with E-state index >= 15 is 0 Å². The highest BCUT2D eigenvalue weighted by Crippen LogP contribution is 2.80. The maximum Gasteiger partial charge on any atom is 0.318 e. The Hall–Kier alpha value is -1.72. The van der Waals surface area contributed by atoms with Crippen LogP contribution in [-0.2, 0) is 28.7 Å². The molecule has 0 radical (unpaired) electrons. The zero-order valence-corrected chi connectivity index (χ0v) is 9.83. The first kappa shape index (κ1) is 10.1. The first-order valence-electron chi connectivity index (χ1n) is 6.58. The van der Waals surface area contributed by atoms with Crippen molar-refractivity contribution in [1.82, 2.24) is 0 Å². The predicted molar refractivity (Wildman–Crippen MR) is 54.8 cm³/mol. The number of rotatable bonds is 0. The van der Waals surface area contributed by atoms with E-state index in [0.29, 0.717) is 0 Å². The Balaban J connectivity index is 1.68. The van der Waals surface area contributed by atoms with Crippen LogP contribution in [0.3, 0.4) is 0 Å². The molecule has 7 atom stereocenters. The second kappa shape index (κ2) is 2.59. The molecule has 3 saturated carbocycles. The van der Waals surface area contributed by atoms with Gasteiger partial charge in [-0.2, -0.15) is 0 Å². The minimum absolute atomic E-state index is 0.0150. The van der Waals surface area contributed by atoms with E-state index in [4.69, 9.17) is 9.47 Å². The van der Waals surface area contributed by atoms with Crippen LogP contribution >= 0.6 is 0 Å². The third-order valence-corrected chi connectivity index (χ3v) is 6.20. The molecular formula is C13H10O6. The molecule has 5 fully saturated rings. The molecule has 3 aliphatic carbocycles. The van der Waals surface area contributed by atoms with Crippen LogP contribution in [0, 0.1) is 40.9 Å². The molecule has 0 amide bonds. The van der Waals surface area contributed by atoms with Crippen molar-refractivity contribution in [2.45, 2.75) is 12.8 Å². The molecule has 19 heavy (non-hydrogen) atoms. The largest absolute Gasteiger partial charge is 0.393 e. The van der Waals surface area contributed by atoms with Crippen LogP contribution in [-0.4, -0.2) is 23.9 Å². The van der Waals surface area contributed by atoms with Crippen LogP contribution in [0.4, 0.5) is 0 Å². The van der Waals surface area contributed by atoms with Gasteiger partial charge in [0, 0.05) is 0 Å². The molecule has 5 rings (SSSR count). The molecule has 2 saturated heterocycles. The molecular weight excluding hydrogens is 252 g/mol. The lowest BCUT2D eigenvalue weighted by atomic mass is 9.38. The molecule has 6 heteroatoms. The molecule has 0 bridgehead atoms. The number of fused-ring (bicyclic) bond motifs is 5. The van der Waals surface area contributed by atoms with Crippen LogP contribution in [0.25, 0.3) is 0 Å². The maximum absolute atomic E-state index is 11.9.